The Morgan fingerprint density at radius 3 is 2.52 bits per heavy atom. The van der Waals surface area contributed by atoms with Gasteiger partial charge in [0.05, 0.1) is 5.56 Å². The summed E-state index contributed by atoms with van der Waals surface area (Å²) < 4.78 is 46.8. The molecule has 11 heteroatoms. The molecule has 29 heavy (non-hydrogen) atoms. The van der Waals surface area contributed by atoms with Gasteiger partial charge >= 0.3 is 12.1 Å². The Bertz CT molecular complexity index is 1300. The van der Waals surface area contributed by atoms with E-state index in [0.717, 1.165) is 10.6 Å². The standard InChI is InChI=1S/C18H12F3N7O/c1-8-6-10(7-12(24-8)18(19,20)21)13-14(11-5-4-9(2)29-11)25-16(22)28-15(13)26-17(23-3)27-28/h4-7H,1-2H3,(H2,22,25). The molecule has 4 aromatic heterocycles. The van der Waals surface area contributed by atoms with E-state index in [4.69, 9.17) is 16.7 Å². The zero-order valence-corrected chi connectivity index (χ0v) is 15.1. The third-order valence-corrected chi connectivity index (χ3v) is 4.11. The number of furan rings is 1. The molecule has 0 fully saturated rings. The van der Waals surface area contributed by atoms with Crippen LogP contribution in [-0.4, -0.2) is 24.6 Å². The molecule has 0 radical (unpaired) electrons. The number of hydrogen-bond donors (Lipinski definition) is 1. The maximum absolute atomic E-state index is 13.3. The monoisotopic (exact) mass is 399 g/mol. The number of halogens is 3. The summed E-state index contributed by atoms with van der Waals surface area (Å²) in [7, 11) is 0. The van der Waals surface area contributed by atoms with Crippen LogP contribution in [0.15, 0.2) is 28.7 Å². The molecule has 2 N–H and O–H groups in total. The number of aromatic nitrogens is 5. The first-order valence-corrected chi connectivity index (χ1v) is 8.24. The molecule has 0 atom stereocenters. The third-order valence-electron chi connectivity index (χ3n) is 4.11. The van der Waals surface area contributed by atoms with Gasteiger partial charge in [0.1, 0.15) is 17.1 Å². The van der Waals surface area contributed by atoms with Gasteiger partial charge in [-0.2, -0.15) is 13.2 Å². The molecule has 0 bridgehead atoms. The van der Waals surface area contributed by atoms with Crippen molar-refractivity contribution in [3.8, 4) is 22.6 Å². The van der Waals surface area contributed by atoms with E-state index in [-0.39, 0.29) is 40.1 Å². The maximum Gasteiger partial charge on any atom is 0.433 e. The van der Waals surface area contributed by atoms with E-state index in [9.17, 15) is 13.2 Å². The van der Waals surface area contributed by atoms with Crippen molar-refractivity contribution < 1.29 is 17.6 Å². The summed E-state index contributed by atoms with van der Waals surface area (Å²) in [5.74, 6) is 0.574. The molecule has 0 amide bonds. The van der Waals surface area contributed by atoms with Crippen molar-refractivity contribution in [3.05, 3.63) is 52.8 Å². The minimum atomic E-state index is -4.64. The number of aryl methyl sites for hydroxylation is 2. The van der Waals surface area contributed by atoms with Gasteiger partial charge in [-0.05, 0) is 48.8 Å². The van der Waals surface area contributed by atoms with Gasteiger partial charge in [0, 0.05) is 5.69 Å². The Morgan fingerprint density at radius 1 is 1.14 bits per heavy atom. The highest BCUT2D eigenvalue weighted by atomic mass is 19.4. The van der Waals surface area contributed by atoms with Crippen LogP contribution in [0.2, 0.25) is 0 Å². The second kappa shape index (κ2) is 6.30. The average Bonchev–Trinajstić information content (AvgIpc) is 3.26. The van der Waals surface area contributed by atoms with Crippen LogP contribution in [0.1, 0.15) is 17.1 Å². The molecule has 0 spiro atoms. The molecule has 8 nitrogen and oxygen atoms in total. The Morgan fingerprint density at radius 2 is 1.90 bits per heavy atom. The summed E-state index contributed by atoms with van der Waals surface area (Å²) in [5, 5.41) is 3.95. The van der Waals surface area contributed by atoms with Crippen LogP contribution in [-0.2, 0) is 6.18 Å². The molecule has 4 heterocycles. The van der Waals surface area contributed by atoms with Crippen LogP contribution in [0.4, 0.5) is 25.1 Å². The highest BCUT2D eigenvalue weighted by molar-refractivity contribution is 5.90. The number of rotatable bonds is 2. The topological polar surface area (TPSA) is 99.5 Å². The summed E-state index contributed by atoms with van der Waals surface area (Å²) >= 11 is 0. The second-order valence-corrected chi connectivity index (χ2v) is 6.24. The van der Waals surface area contributed by atoms with Crippen molar-refractivity contribution in [2.45, 2.75) is 20.0 Å². The van der Waals surface area contributed by atoms with Crippen molar-refractivity contribution in [3.63, 3.8) is 0 Å². The summed E-state index contributed by atoms with van der Waals surface area (Å²) in [4.78, 5) is 15.1. The van der Waals surface area contributed by atoms with Crippen LogP contribution in [0, 0.1) is 20.4 Å². The average molecular weight is 399 g/mol. The predicted molar refractivity (Wildman–Crippen MR) is 96.9 cm³/mol. The van der Waals surface area contributed by atoms with E-state index in [2.05, 4.69) is 24.9 Å². The molecular weight excluding hydrogens is 387 g/mol. The molecule has 0 unspecified atom stereocenters. The number of alkyl halides is 3. The zero-order valence-electron chi connectivity index (χ0n) is 15.1. The van der Waals surface area contributed by atoms with Crippen molar-refractivity contribution in [2.24, 2.45) is 0 Å². The molecule has 0 saturated carbocycles. The number of nitrogens with zero attached hydrogens (tertiary/aromatic N) is 6. The first kappa shape index (κ1) is 18.4. The fraction of sp³-hybridized carbons (Fsp3) is 0.167. The summed E-state index contributed by atoms with van der Waals surface area (Å²) in [5.41, 5.74) is 5.67. The maximum atomic E-state index is 13.3. The van der Waals surface area contributed by atoms with E-state index in [1.54, 1.807) is 19.1 Å². The Hall–Kier alpha value is -3.94. The molecule has 4 aromatic rings. The molecule has 0 aromatic carbocycles. The number of pyridine rings is 1. The predicted octanol–water partition coefficient (Wildman–Crippen LogP) is 4.21. The summed E-state index contributed by atoms with van der Waals surface area (Å²) in [6.07, 6.45) is -4.64. The molecule has 0 aliphatic carbocycles. The zero-order chi connectivity index (χ0) is 20.9. The lowest BCUT2D eigenvalue weighted by atomic mass is 10.0. The van der Waals surface area contributed by atoms with E-state index in [1.165, 1.54) is 13.0 Å². The van der Waals surface area contributed by atoms with E-state index in [1.807, 2.05) is 0 Å². The minimum absolute atomic E-state index is 0.0861. The molecule has 146 valence electrons. The smallest absolute Gasteiger partial charge is 0.433 e. The summed E-state index contributed by atoms with van der Waals surface area (Å²) in [6, 6.07) is 5.68. The largest absolute Gasteiger partial charge is 0.460 e. The Balaban J connectivity index is 2.12. The van der Waals surface area contributed by atoms with Crippen molar-refractivity contribution in [1.29, 1.82) is 0 Å². The van der Waals surface area contributed by atoms with Crippen LogP contribution in [0.3, 0.4) is 0 Å². The Labute approximate surface area is 161 Å². The van der Waals surface area contributed by atoms with Crippen molar-refractivity contribution >= 4 is 17.5 Å². The minimum Gasteiger partial charge on any atom is -0.460 e. The molecule has 0 aliphatic heterocycles. The lowest BCUT2D eigenvalue weighted by Gasteiger charge is -2.12. The first-order valence-electron chi connectivity index (χ1n) is 8.24. The van der Waals surface area contributed by atoms with Gasteiger partial charge in [-0.1, -0.05) is 0 Å². The SMILES string of the molecule is [C-]#[N+]c1nc2c(-c3cc(C)nc(C(F)(F)F)c3)c(-c3ccc(C)o3)nc(N)n2n1. The Kier molecular flexibility index (Phi) is 4.00. The molecule has 0 saturated heterocycles. The lowest BCUT2D eigenvalue weighted by Crippen LogP contribution is -2.10. The molecule has 0 aliphatic rings. The van der Waals surface area contributed by atoms with Gasteiger partial charge in [-0.25, -0.2) is 9.97 Å². The fourth-order valence-corrected chi connectivity index (χ4v) is 2.96. The highest BCUT2D eigenvalue weighted by Gasteiger charge is 2.34. The van der Waals surface area contributed by atoms with Crippen LogP contribution >= 0.6 is 0 Å². The second-order valence-electron chi connectivity index (χ2n) is 6.24. The lowest BCUT2D eigenvalue weighted by molar-refractivity contribution is -0.141. The van der Waals surface area contributed by atoms with Gasteiger partial charge in [-0.3, -0.25) is 0 Å². The number of fused-ring (bicyclic) bond motifs is 1. The van der Waals surface area contributed by atoms with Crippen molar-refractivity contribution in [1.82, 2.24) is 24.6 Å². The first-order chi connectivity index (χ1) is 13.7. The van der Waals surface area contributed by atoms with Crippen LogP contribution in [0.25, 0.3) is 33.1 Å². The van der Waals surface area contributed by atoms with E-state index >= 15 is 0 Å². The summed E-state index contributed by atoms with van der Waals surface area (Å²) in [6.45, 7) is 10.3. The van der Waals surface area contributed by atoms with Gasteiger partial charge in [0.25, 0.3) is 0 Å². The number of nitrogen functional groups attached to an aromatic ring is 1. The van der Waals surface area contributed by atoms with Gasteiger partial charge < -0.3 is 15.0 Å². The fourth-order valence-electron chi connectivity index (χ4n) is 2.96. The highest BCUT2D eigenvalue weighted by Crippen LogP contribution is 2.38. The quantitative estimate of drug-likeness (QED) is 0.507. The van der Waals surface area contributed by atoms with Gasteiger partial charge in [0.2, 0.25) is 11.6 Å². The van der Waals surface area contributed by atoms with Crippen LogP contribution < -0.4 is 5.73 Å². The molecule has 4 rings (SSSR count). The number of nitrogens with two attached hydrogens (primary N) is 1. The van der Waals surface area contributed by atoms with Crippen LogP contribution in [0.5, 0.6) is 0 Å². The van der Waals surface area contributed by atoms with Gasteiger partial charge in [-0.15, -0.1) is 16.1 Å². The molecular formula is C18H12F3N7O. The van der Waals surface area contributed by atoms with Crippen molar-refractivity contribution in [2.75, 3.05) is 5.73 Å². The third kappa shape index (κ3) is 3.14. The van der Waals surface area contributed by atoms with E-state index < -0.39 is 11.9 Å². The number of anilines is 1. The van der Waals surface area contributed by atoms with Gasteiger partial charge in [0.15, 0.2) is 5.76 Å². The normalized spacial score (nSPS) is 11.7. The number of hydrogen-bond acceptors (Lipinski definition) is 6. The van der Waals surface area contributed by atoms with E-state index in [0.29, 0.717) is 11.5 Å².